The molecule has 4 amide bonds. The first-order valence-corrected chi connectivity index (χ1v) is 9.27. The lowest BCUT2D eigenvalue weighted by molar-refractivity contribution is -0.123. The minimum atomic E-state index is -1.23. The van der Waals surface area contributed by atoms with Crippen LogP contribution < -0.4 is 21.5 Å². The number of nitrogens with one attached hydrogen (secondary N) is 3. The monoisotopic (exact) mass is 405 g/mol. The van der Waals surface area contributed by atoms with Crippen LogP contribution in [0.1, 0.15) is 18.1 Å². The average molecular weight is 405 g/mol. The van der Waals surface area contributed by atoms with Crippen LogP contribution in [-0.4, -0.2) is 27.4 Å². The van der Waals surface area contributed by atoms with Crippen LogP contribution in [-0.2, 0) is 21.7 Å². The molecule has 3 aromatic rings. The van der Waals surface area contributed by atoms with E-state index in [2.05, 4.69) is 20.9 Å². The van der Waals surface area contributed by atoms with E-state index < -0.39 is 23.4 Å². The van der Waals surface area contributed by atoms with Crippen LogP contribution in [0.3, 0.4) is 0 Å². The van der Waals surface area contributed by atoms with Crippen molar-refractivity contribution < 1.29 is 14.4 Å². The van der Waals surface area contributed by atoms with Gasteiger partial charge < -0.3 is 10.6 Å². The summed E-state index contributed by atoms with van der Waals surface area (Å²) in [6.07, 6.45) is 1.35. The number of fused-ring (bicyclic) bond motifs is 1. The molecule has 2 aromatic carbocycles. The van der Waals surface area contributed by atoms with E-state index in [1.807, 2.05) is 13.0 Å². The zero-order chi connectivity index (χ0) is 21.5. The maximum atomic E-state index is 12.7. The SMILES string of the molecule is Cc1cccc2c(=O)n(CC(=O)Nc3cccc(C4(C)NC(=O)NC4=O)c3)cnc12. The molecule has 4 rings (SSSR count). The Bertz CT molecular complexity index is 1270. The third kappa shape index (κ3) is 3.30. The number of amides is 4. The molecular weight excluding hydrogens is 386 g/mol. The minimum absolute atomic E-state index is 0.214. The van der Waals surface area contributed by atoms with Crippen LogP contribution in [0.25, 0.3) is 10.9 Å². The van der Waals surface area contributed by atoms with E-state index >= 15 is 0 Å². The molecule has 1 unspecified atom stereocenters. The molecule has 30 heavy (non-hydrogen) atoms. The number of anilines is 1. The molecule has 1 atom stereocenters. The van der Waals surface area contributed by atoms with Crippen molar-refractivity contribution in [1.82, 2.24) is 20.2 Å². The highest BCUT2D eigenvalue weighted by Crippen LogP contribution is 2.26. The van der Waals surface area contributed by atoms with Crippen molar-refractivity contribution in [2.45, 2.75) is 25.9 Å². The molecule has 1 fully saturated rings. The number of aryl methyl sites for hydroxylation is 1. The van der Waals surface area contributed by atoms with E-state index in [1.165, 1.54) is 10.9 Å². The van der Waals surface area contributed by atoms with E-state index in [9.17, 15) is 19.2 Å². The number of hydrogen-bond donors (Lipinski definition) is 3. The van der Waals surface area contributed by atoms with E-state index in [-0.39, 0.29) is 12.1 Å². The standard InChI is InChI=1S/C21H19N5O4/c1-12-5-3-8-15-17(12)22-11-26(18(15)28)10-16(27)23-14-7-4-6-13(9-14)21(2)19(29)24-20(30)25-21/h3-9,11H,10H2,1-2H3,(H,23,27)(H2,24,25,29,30). The van der Waals surface area contributed by atoms with Crippen molar-refractivity contribution in [3.63, 3.8) is 0 Å². The molecule has 9 nitrogen and oxygen atoms in total. The third-order valence-electron chi connectivity index (χ3n) is 5.14. The second-order valence-corrected chi connectivity index (χ2v) is 7.31. The van der Waals surface area contributed by atoms with Gasteiger partial charge in [-0.25, -0.2) is 9.78 Å². The molecule has 3 N–H and O–H groups in total. The first kappa shape index (κ1) is 19.3. The largest absolute Gasteiger partial charge is 0.325 e. The summed E-state index contributed by atoms with van der Waals surface area (Å²) in [6, 6.07) is 11.4. The van der Waals surface area contributed by atoms with Crippen molar-refractivity contribution in [2.24, 2.45) is 0 Å². The molecule has 0 saturated carbocycles. The van der Waals surface area contributed by atoms with Gasteiger partial charge in [0.15, 0.2) is 0 Å². The van der Waals surface area contributed by atoms with Gasteiger partial charge in [0.1, 0.15) is 12.1 Å². The summed E-state index contributed by atoms with van der Waals surface area (Å²) in [5.41, 5.74) is 0.917. The molecule has 2 heterocycles. The van der Waals surface area contributed by atoms with Gasteiger partial charge in [-0.1, -0.05) is 24.3 Å². The lowest BCUT2D eigenvalue weighted by Crippen LogP contribution is -2.40. The van der Waals surface area contributed by atoms with Gasteiger partial charge in [0.05, 0.1) is 17.2 Å². The quantitative estimate of drug-likeness (QED) is 0.567. The normalized spacial score (nSPS) is 18.2. The Labute approximate surface area is 171 Å². The maximum Gasteiger partial charge on any atom is 0.322 e. The van der Waals surface area contributed by atoms with Gasteiger partial charge in [0.25, 0.3) is 11.5 Å². The summed E-state index contributed by atoms with van der Waals surface area (Å²) in [4.78, 5) is 53.1. The minimum Gasteiger partial charge on any atom is -0.325 e. The van der Waals surface area contributed by atoms with E-state index in [0.29, 0.717) is 22.2 Å². The first-order chi connectivity index (χ1) is 14.3. The van der Waals surface area contributed by atoms with Gasteiger partial charge in [-0.2, -0.15) is 0 Å². The molecule has 0 radical (unpaired) electrons. The Morgan fingerprint density at radius 3 is 2.67 bits per heavy atom. The summed E-state index contributed by atoms with van der Waals surface area (Å²) in [5.74, 6) is -0.895. The summed E-state index contributed by atoms with van der Waals surface area (Å²) >= 11 is 0. The highest BCUT2D eigenvalue weighted by atomic mass is 16.2. The van der Waals surface area contributed by atoms with Crippen LogP contribution in [0.15, 0.2) is 53.6 Å². The van der Waals surface area contributed by atoms with Crippen molar-refractivity contribution in [3.05, 3.63) is 70.3 Å². The second kappa shape index (κ2) is 7.11. The number of hydrogen-bond acceptors (Lipinski definition) is 5. The summed E-state index contributed by atoms with van der Waals surface area (Å²) in [6.45, 7) is 3.23. The zero-order valence-electron chi connectivity index (χ0n) is 16.4. The van der Waals surface area contributed by atoms with E-state index in [4.69, 9.17) is 0 Å². The fourth-order valence-electron chi connectivity index (χ4n) is 3.46. The summed E-state index contributed by atoms with van der Waals surface area (Å²) < 4.78 is 1.24. The molecule has 0 bridgehead atoms. The van der Waals surface area contributed by atoms with E-state index in [1.54, 1.807) is 43.3 Å². The van der Waals surface area contributed by atoms with Crippen LogP contribution in [0, 0.1) is 6.92 Å². The van der Waals surface area contributed by atoms with Crippen molar-refractivity contribution in [3.8, 4) is 0 Å². The number of benzene rings is 2. The summed E-state index contributed by atoms with van der Waals surface area (Å²) in [5, 5.41) is 7.94. The first-order valence-electron chi connectivity index (χ1n) is 9.27. The van der Waals surface area contributed by atoms with Crippen LogP contribution in [0.2, 0.25) is 0 Å². The lowest BCUT2D eigenvalue weighted by atomic mass is 9.92. The van der Waals surface area contributed by atoms with Gasteiger partial charge in [-0.15, -0.1) is 0 Å². The molecule has 152 valence electrons. The molecule has 9 heteroatoms. The molecule has 1 aliphatic heterocycles. The maximum absolute atomic E-state index is 12.7. The number of carbonyl (C=O) groups excluding carboxylic acids is 3. The van der Waals surface area contributed by atoms with Gasteiger partial charge >= 0.3 is 6.03 Å². The topological polar surface area (TPSA) is 122 Å². The fourth-order valence-corrected chi connectivity index (χ4v) is 3.46. The molecule has 1 aromatic heterocycles. The Morgan fingerprint density at radius 2 is 1.93 bits per heavy atom. The van der Waals surface area contributed by atoms with Crippen molar-refractivity contribution >= 4 is 34.4 Å². The Morgan fingerprint density at radius 1 is 1.17 bits per heavy atom. The molecule has 0 spiro atoms. The predicted molar refractivity (Wildman–Crippen MR) is 110 cm³/mol. The third-order valence-corrected chi connectivity index (χ3v) is 5.14. The molecular formula is C21H19N5O4. The van der Waals surface area contributed by atoms with Crippen LogP contribution in [0.4, 0.5) is 10.5 Å². The number of aromatic nitrogens is 2. The van der Waals surface area contributed by atoms with Gasteiger partial charge in [0, 0.05) is 5.69 Å². The average Bonchev–Trinajstić information content (AvgIpc) is 2.97. The number of para-hydroxylation sites is 1. The highest BCUT2D eigenvalue weighted by Gasteiger charge is 2.43. The van der Waals surface area contributed by atoms with Crippen LogP contribution in [0.5, 0.6) is 0 Å². The zero-order valence-corrected chi connectivity index (χ0v) is 16.4. The predicted octanol–water partition coefficient (Wildman–Crippen LogP) is 1.40. The number of rotatable bonds is 4. The molecule has 0 aliphatic carbocycles. The Balaban J connectivity index is 1.55. The lowest BCUT2D eigenvalue weighted by Gasteiger charge is -2.21. The van der Waals surface area contributed by atoms with Crippen molar-refractivity contribution in [2.75, 3.05) is 5.32 Å². The Hall–Kier alpha value is -4.01. The molecule has 1 aliphatic rings. The smallest absolute Gasteiger partial charge is 0.322 e. The summed E-state index contributed by atoms with van der Waals surface area (Å²) in [7, 11) is 0. The number of nitrogens with zero attached hydrogens (tertiary/aromatic N) is 2. The fraction of sp³-hybridized carbons (Fsp3) is 0.190. The number of imide groups is 1. The Kier molecular flexibility index (Phi) is 4.57. The number of carbonyl (C=O) groups is 3. The van der Waals surface area contributed by atoms with Crippen LogP contribution >= 0.6 is 0 Å². The van der Waals surface area contributed by atoms with Gasteiger partial charge in [0.2, 0.25) is 5.91 Å². The van der Waals surface area contributed by atoms with Gasteiger partial charge in [-0.3, -0.25) is 24.3 Å². The number of urea groups is 1. The second-order valence-electron chi connectivity index (χ2n) is 7.31. The van der Waals surface area contributed by atoms with Gasteiger partial charge in [-0.05, 0) is 43.2 Å². The van der Waals surface area contributed by atoms with E-state index in [0.717, 1.165) is 5.56 Å². The highest BCUT2D eigenvalue weighted by molar-refractivity contribution is 6.07. The molecule has 1 saturated heterocycles. The van der Waals surface area contributed by atoms with Crippen molar-refractivity contribution in [1.29, 1.82) is 0 Å².